The van der Waals surface area contributed by atoms with E-state index in [1.807, 2.05) is 0 Å². The van der Waals surface area contributed by atoms with Crippen LogP contribution < -0.4 is 10.5 Å². The summed E-state index contributed by atoms with van der Waals surface area (Å²) < 4.78 is 4.21. The van der Waals surface area contributed by atoms with Crippen LogP contribution in [0.5, 0.6) is 5.88 Å². The Morgan fingerprint density at radius 1 is 1.62 bits per heavy atom. The first kappa shape index (κ1) is 9.88. The molecular weight excluding hydrogens is 219 g/mol. The number of nitrogen functional groups attached to an aromatic ring is 1. The molecule has 1 aromatic rings. The first-order valence-corrected chi connectivity index (χ1v) is 3.78. The summed E-state index contributed by atoms with van der Waals surface area (Å²) in [5, 5.41) is 8.24. The zero-order valence-electron chi connectivity index (χ0n) is 6.12. The molecule has 70 valence electrons. The Morgan fingerprint density at radius 2 is 2.23 bits per heavy atom. The molecule has 0 aliphatic rings. The van der Waals surface area contributed by atoms with Gasteiger partial charge >= 0.3 is 6.16 Å². The van der Waals surface area contributed by atoms with E-state index in [0.717, 1.165) is 6.07 Å². The first-order chi connectivity index (χ1) is 6.00. The van der Waals surface area contributed by atoms with Crippen molar-refractivity contribution in [2.75, 3.05) is 5.73 Å². The highest BCUT2D eigenvalue weighted by Gasteiger charge is 2.09. The number of carboxylic acid groups (broad SMARTS) is 1. The third-order valence-electron chi connectivity index (χ3n) is 1.13. The lowest BCUT2D eigenvalue weighted by Gasteiger charge is -2.02. The van der Waals surface area contributed by atoms with E-state index in [9.17, 15) is 4.79 Å². The normalized spacial score (nSPS) is 9.69. The van der Waals surface area contributed by atoms with Crippen LogP contribution in [-0.2, 0) is 0 Å². The molecule has 13 heavy (non-hydrogen) atoms. The van der Waals surface area contributed by atoms with Gasteiger partial charge in [-0.3, -0.25) is 0 Å². The van der Waals surface area contributed by atoms with Crippen molar-refractivity contribution in [3.05, 3.63) is 16.2 Å². The molecule has 0 fully saturated rings. The summed E-state index contributed by atoms with van der Waals surface area (Å²) in [5.74, 6) is -0.211. The minimum atomic E-state index is -1.50. The molecule has 1 aromatic heterocycles. The standard InChI is InChI=1S/C6H4Cl2N2O3/c7-2-1-3(13-6(11)12)10-5(8)4(2)9/h1H,9H2,(H,11,12). The van der Waals surface area contributed by atoms with Gasteiger partial charge in [0.2, 0.25) is 5.88 Å². The molecule has 5 nitrogen and oxygen atoms in total. The largest absolute Gasteiger partial charge is 0.512 e. The Bertz CT molecular complexity index is 333. The third-order valence-corrected chi connectivity index (χ3v) is 1.73. The molecule has 0 aromatic carbocycles. The second kappa shape index (κ2) is 3.68. The minimum absolute atomic E-state index is 0.0843. The zero-order chi connectivity index (χ0) is 10.0. The molecule has 0 unspecified atom stereocenters. The predicted octanol–water partition coefficient (Wildman–Crippen LogP) is 2.03. The topological polar surface area (TPSA) is 85.4 Å². The minimum Gasteiger partial charge on any atom is -0.449 e. The molecule has 0 spiro atoms. The second-order valence-corrected chi connectivity index (χ2v) is 2.78. The highest BCUT2D eigenvalue weighted by Crippen LogP contribution is 2.28. The second-order valence-electron chi connectivity index (χ2n) is 2.01. The number of ether oxygens (including phenoxy) is 1. The molecule has 0 saturated carbocycles. The van der Waals surface area contributed by atoms with Crippen LogP contribution in [0.2, 0.25) is 10.2 Å². The van der Waals surface area contributed by atoms with E-state index in [1.54, 1.807) is 0 Å². The van der Waals surface area contributed by atoms with Crippen molar-refractivity contribution in [1.82, 2.24) is 4.98 Å². The van der Waals surface area contributed by atoms with Gasteiger partial charge in [-0.15, -0.1) is 0 Å². The fourth-order valence-electron chi connectivity index (χ4n) is 0.616. The van der Waals surface area contributed by atoms with Crippen LogP contribution in [-0.4, -0.2) is 16.2 Å². The maximum atomic E-state index is 10.1. The predicted molar refractivity (Wildman–Crippen MR) is 47.3 cm³/mol. The van der Waals surface area contributed by atoms with Gasteiger partial charge in [-0.25, -0.2) is 4.79 Å². The van der Waals surface area contributed by atoms with E-state index in [4.69, 9.17) is 34.0 Å². The molecule has 0 atom stereocenters. The van der Waals surface area contributed by atoms with Gasteiger partial charge in [0.25, 0.3) is 0 Å². The summed E-state index contributed by atoms with van der Waals surface area (Å²) in [5.41, 5.74) is 5.44. The number of aromatic nitrogens is 1. The average molecular weight is 223 g/mol. The van der Waals surface area contributed by atoms with Crippen molar-refractivity contribution in [3.8, 4) is 5.88 Å². The van der Waals surface area contributed by atoms with Gasteiger partial charge < -0.3 is 15.6 Å². The van der Waals surface area contributed by atoms with E-state index in [0.29, 0.717) is 0 Å². The van der Waals surface area contributed by atoms with E-state index in [-0.39, 0.29) is 21.7 Å². The lowest BCUT2D eigenvalue weighted by molar-refractivity contribution is 0.142. The number of anilines is 1. The van der Waals surface area contributed by atoms with Gasteiger partial charge in [0.15, 0.2) is 5.15 Å². The fourth-order valence-corrected chi connectivity index (χ4v) is 1.03. The summed E-state index contributed by atoms with van der Waals surface area (Å²) in [7, 11) is 0. The molecule has 3 N–H and O–H groups in total. The number of carbonyl (C=O) groups is 1. The molecule has 0 radical (unpaired) electrons. The van der Waals surface area contributed by atoms with Crippen molar-refractivity contribution < 1.29 is 14.6 Å². The number of halogens is 2. The maximum Gasteiger partial charge on any atom is 0.512 e. The summed E-state index contributed by atoms with van der Waals surface area (Å²) in [4.78, 5) is 13.6. The average Bonchev–Trinajstić information content (AvgIpc) is 1.98. The van der Waals surface area contributed by atoms with E-state index >= 15 is 0 Å². The van der Waals surface area contributed by atoms with Gasteiger partial charge in [0.1, 0.15) is 0 Å². The third kappa shape index (κ3) is 2.37. The molecule has 1 rings (SSSR count). The van der Waals surface area contributed by atoms with Gasteiger partial charge in [0, 0.05) is 6.07 Å². The summed E-state index contributed by atoms with van der Waals surface area (Å²) in [6.45, 7) is 0. The Hall–Kier alpha value is -1.20. The summed E-state index contributed by atoms with van der Waals surface area (Å²) in [6, 6.07) is 1.16. The van der Waals surface area contributed by atoms with Gasteiger partial charge in [-0.1, -0.05) is 23.2 Å². The quantitative estimate of drug-likeness (QED) is 0.561. The molecule has 1 heterocycles. The number of hydrogen-bond acceptors (Lipinski definition) is 4. The highest BCUT2D eigenvalue weighted by atomic mass is 35.5. The number of rotatable bonds is 1. The van der Waals surface area contributed by atoms with Crippen molar-refractivity contribution in [3.63, 3.8) is 0 Å². The summed E-state index contributed by atoms with van der Waals surface area (Å²) in [6.07, 6.45) is -1.50. The fraction of sp³-hybridized carbons (Fsp3) is 0. The summed E-state index contributed by atoms with van der Waals surface area (Å²) >= 11 is 11.1. The molecule has 0 saturated heterocycles. The molecule has 7 heteroatoms. The molecule has 0 aliphatic heterocycles. The lowest BCUT2D eigenvalue weighted by Crippen LogP contribution is -2.05. The zero-order valence-corrected chi connectivity index (χ0v) is 7.63. The van der Waals surface area contributed by atoms with Crippen molar-refractivity contribution >= 4 is 35.0 Å². The smallest absolute Gasteiger partial charge is 0.449 e. The first-order valence-electron chi connectivity index (χ1n) is 3.03. The number of nitrogens with zero attached hydrogens (tertiary/aromatic N) is 1. The Morgan fingerprint density at radius 3 is 2.69 bits per heavy atom. The SMILES string of the molecule is Nc1c(Cl)cc(OC(=O)O)nc1Cl. The molecule has 0 aliphatic carbocycles. The molecule has 0 amide bonds. The van der Waals surface area contributed by atoms with Crippen LogP contribution >= 0.6 is 23.2 Å². The monoisotopic (exact) mass is 222 g/mol. The number of pyridine rings is 1. The lowest BCUT2D eigenvalue weighted by atomic mass is 10.4. The van der Waals surface area contributed by atoms with Crippen LogP contribution in [0.4, 0.5) is 10.5 Å². The van der Waals surface area contributed by atoms with Gasteiger partial charge in [0.05, 0.1) is 10.7 Å². The highest BCUT2D eigenvalue weighted by molar-refractivity contribution is 6.38. The number of nitrogens with two attached hydrogens (primary N) is 1. The Kier molecular flexibility index (Phi) is 2.79. The van der Waals surface area contributed by atoms with Crippen molar-refractivity contribution in [1.29, 1.82) is 0 Å². The Balaban J connectivity index is 3.06. The van der Waals surface area contributed by atoms with Crippen molar-refractivity contribution in [2.24, 2.45) is 0 Å². The van der Waals surface area contributed by atoms with Gasteiger partial charge in [-0.05, 0) is 0 Å². The van der Waals surface area contributed by atoms with Crippen LogP contribution in [0.3, 0.4) is 0 Å². The van der Waals surface area contributed by atoms with Crippen LogP contribution in [0.25, 0.3) is 0 Å². The number of hydrogen-bond donors (Lipinski definition) is 2. The van der Waals surface area contributed by atoms with E-state index in [1.165, 1.54) is 0 Å². The Labute approximate surface area is 83.0 Å². The maximum absolute atomic E-state index is 10.1. The van der Waals surface area contributed by atoms with Crippen LogP contribution in [0.1, 0.15) is 0 Å². The van der Waals surface area contributed by atoms with E-state index < -0.39 is 6.16 Å². The van der Waals surface area contributed by atoms with Crippen molar-refractivity contribution in [2.45, 2.75) is 0 Å². The van der Waals surface area contributed by atoms with Gasteiger partial charge in [-0.2, -0.15) is 4.98 Å². The molecule has 0 bridgehead atoms. The van der Waals surface area contributed by atoms with Crippen LogP contribution in [0.15, 0.2) is 6.07 Å². The molecular formula is C6H4Cl2N2O3. The van der Waals surface area contributed by atoms with E-state index in [2.05, 4.69) is 9.72 Å². The van der Waals surface area contributed by atoms with Crippen LogP contribution in [0, 0.1) is 0 Å².